The number of rotatable bonds is 5. The van der Waals surface area contributed by atoms with Gasteiger partial charge in [0.25, 0.3) is 0 Å². The van der Waals surface area contributed by atoms with Crippen LogP contribution in [0.3, 0.4) is 0 Å². The molecule has 0 bridgehead atoms. The van der Waals surface area contributed by atoms with Crippen LogP contribution in [-0.4, -0.2) is 91.6 Å². The molecule has 9 nitrogen and oxygen atoms in total. The molecular formula is C23H38N4O5S. The number of aryl methyl sites for hydroxylation is 2. The van der Waals surface area contributed by atoms with E-state index in [-0.39, 0.29) is 35.5 Å². The van der Waals surface area contributed by atoms with Gasteiger partial charge in [0.2, 0.25) is 15.9 Å². The van der Waals surface area contributed by atoms with Crippen molar-refractivity contribution in [1.82, 2.24) is 19.3 Å². The van der Waals surface area contributed by atoms with Gasteiger partial charge in [-0.25, -0.2) is 8.42 Å². The first-order chi connectivity index (χ1) is 15.6. The maximum atomic E-state index is 13.3. The molecule has 3 aliphatic rings. The Morgan fingerprint density at radius 2 is 1.70 bits per heavy atom. The minimum absolute atomic E-state index is 0.0979. The Bertz CT molecular complexity index is 911. The fourth-order valence-electron chi connectivity index (χ4n) is 5.73. The number of aromatic nitrogens is 1. The highest BCUT2D eigenvalue weighted by molar-refractivity contribution is 7.89. The number of amides is 1. The number of sulfonamides is 1. The maximum Gasteiger partial charge on any atom is 0.248 e. The largest absolute Gasteiger partial charge is 0.373 e. The lowest BCUT2D eigenvalue weighted by molar-refractivity contribution is -0.138. The van der Waals surface area contributed by atoms with Crippen molar-refractivity contribution in [1.29, 1.82) is 0 Å². The minimum Gasteiger partial charge on any atom is -0.373 e. The second-order valence-corrected chi connectivity index (χ2v) is 12.0. The normalized spacial score (nSPS) is 28.8. The van der Waals surface area contributed by atoms with Gasteiger partial charge in [-0.3, -0.25) is 9.69 Å². The minimum atomic E-state index is -3.72. The lowest BCUT2D eigenvalue weighted by Crippen LogP contribution is -2.50. The van der Waals surface area contributed by atoms with E-state index in [1.165, 1.54) is 4.31 Å². The fourth-order valence-corrected chi connectivity index (χ4v) is 7.54. The van der Waals surface area contributed by atoms with Crippen LogP contribution in [0, 0.1) is 25.7 Å². The number of hydrogen-bond acceptors (Lipinski definition) is 7. The molecule has 0 aliphatic carbocycles. The van der Waals surface area contributed by atoms with E-state index in [0.717, 1.165) is 52.0 Å². The van der Waals surface area contributed by atoms with Gasteiger partial charge in [-0.05, 0) is 59.3 Å². The molecule has 1 aromatic heterocycles. The Kier molecular flexibility index (Phi) is 7.47. The van der Waals surface area contributed by atoms with Crippen molar-refractivity contribution in [2.45, 2.75) is 70.5 Å². The van der Waals surface area contributed by atoms with Crippen LogP contribution < -0.4 is 0 Å². The molecule has 33 heavy (non-hydrogen) atoms. The molecule has 0 aromatic carbocycles. The molecule has 1 aromatic rings. The molecule has 3 atom stereocenters. The van der Waals surface area contributed by atoms with Crippen LogP contribution in [0.15, 0.2) is 9.42 Å². The summed E-state index contributed by atoms with van der Waals surface area (Å²) in [7, 11) is -3.72. The zero-order valence-electron chi connectivity index (χ0n) is 20.3. The third kappa shape index (κ3) is 5.44. The number of carbonyl (C=O) groups excluding carboxylic acids is 1. The van der Waals surface area contributed by atoms with Gasteiger partial charge in [0.15, 0.2) is 5.76 Å². The first-order valence-corrected chi connectivity index (χ1v) is 13.7. The van der Waals surface area contributed by atoms with Crippen LogP contribution in [0.5, 0.6) is 0 Å². The van der Waals surface area contributed by atoms with E-state index in [1.807, 2.05) is 4.90 Å². The third-order valence-corrected chi connectivity index (χ3v) is 9.35. The molecule has 0 saturated carbocycles. The van der Waals surface area contributed by atoms with E-state index in [1.54, 1.807) is 13.8 Å². The second-order valence-electron chi connectivity index (χ2n) is 10.1. The summed E-state index contributed by atoms with van der Waals surface area (Å²) in [5.41, 5.74) is 0.368. The molecule has 3 aliphatic heterocycles. The first kappa shape index (κ1) is 24.6. The monoisotopic (exact) mass is 482 g/mol. The summed E-state index contributed by atoms with van der Waals surface area (Å²) < 4.78 is 38.8. The van der Waals surface area contributed by atoms with Crippen LogP contribution >= 0.6 is 0 Å². The number of nitrogens with zero attached hydrogens (tertiary/aromatic N) is 4. The maximum absolute atomic E-state index is 13.3. The van der Waals surface area contributed by atoms with E-state index in [2.05, 4.69) is 23.9 Å². The highest BCUT2D eigenvalue weighted by Crippen LogP contribution is 2.29. The summed E-state index contributed by atoms with van der Waals surface area (Å²) in [6, 6.07) is 0. The number of ether oxygens (including phenoxy) is 1. The van der Waals surface area contributed by atoms with Gasteiger partial charge in [-0.2, -0.15) is 4.31 Å². The Labute approximate surface area is 197 Å². The van der Waals surface area contributed by atoms with Crippen LogP contribution in [0.1, 0.15) is 51.0 Å². The molecule has 4 rings (SSSR count). The average Bonchev–Trinajstić information content (AvgIpc) is 3.12. The zero-order chi connectivity index (χ0) is 23.8. The van der Waals surface area contributed by atoms with E-state index in [4.69, 9.17) is 9.26 Å². The Hall–Kier alpha value is -1.49. The first-order valence-electron chi connectivity index (χ1n) is 12.2. The molecule has 4 heterocycles. The van der Waals surface area contributed by atoms with Gasteiger partial charge >= 0.3 is 0 Å². The quantitative estimate of drug-likeness (QED) is 0.634. The molecule has 0 spiro atoms. The summed E-state index contributed by atoms with van der Waals surface area (Å²) >= 11 is 0. The summed E-state index contributed by atoms with van der Waals surface area (Å²) in [5, 5.41) is 3.80. The third-order valence-electron chi connectivity index (χ3n) is 7.24. The summed E-state index contributed by atoms with van der Waals surface area (Å²) in [5.74, 6) is 0.702. The van der Waals surface area contributed by atoms with Crippen molar-refractivity contribution in [3.05, 3.63) is 11.5 Å². The molecule has 3 fully saturated rings. The van der Waals surface area contributed by atoms with Gasteiger partial charge in [0.1, 0.15) is 10.6 Å². The number of likely N-dealkylation sites (tertiary alicyclic amines) is 1. The molecular weight excluding hydrogens is 444 g/mol. The molecule has 186 valence electrons. The fraction of sp³-hybridized carbons (Fsp3) is 0.826. The van der Waals surface area contributed by atoms with Crippen LogP contribution in [0.4, 0.5) is 0 Å². The second kappa shape index (κ2) is 10.0. The van der Waals surface area contributed by atoms with Crippen molar-refractivity contribution in [3.63, 3.8) is 0 Å². The number of hydrogen-bond donors (Lipinski definition) is 0. The number of piperidine rings is 2. The summed E-state index contributed by atoms with van der Waals surface area (Å²) in [6.07, 6.45) is 3.95. The van der Waals surface area contributed by atoms with Crippen LogP contribution in [-0.2, 0) is 19.6 Å². The van der Waals surface area contributed by atoms with Gasteiger partial charge in [-0.15, -0.1) is 0 Å². The Balaban J connectivity index is 1.32. The van der Waals surface area contributed by atoms with Crippen molar-refractivity contribution in [2.24, 2.45) is 11.8 Å². The number of carbonyl (C=O) groups is 1. The molecule has 0 radical (unpaired) electrons. The van der Waals surface area contributed by atoms with E-state index in [9.17, 15) is 13.2 Å². The lowest BCUT2D eigenvalue weighted by Gasteiger charge is -2.40. The highest BCUT2D eigenvalue weighted by Gasteiger charge is 2.38. The Morgan fingerprint density at radius 3 is 2.30 bits per heavy atom. The highest BCUT2D eigenvalue weighted by atomic mass is 32.2. The van der Waals surface area contributed by atoms with E-state index < -0.39 is 10.0 Å². The van der Waals surface area contributed by atoms with E-state index >= 15 is 0 Å². The van der Waals surface area contributed by atoms with Crippen LogP contribution in [0.25, 0.3) is 0 Å². The standard InChI is InChI=1S/C23H38N4O5S/c1-16-12-25(13-17(2)31-16)14-20-7-10-26(11-8-20)23(28)21-6-5-9-27(15-21)33(29,30)22-18(3)24-32-19(22)4/h16-17,20-21H,5-15H2,1-4H3. The van der Waals surface area contributed by atoms with Gasteiger partial charge in [0, 0.05) is 45.8 Å². The van der Waals surface area contributed by atoms with Crippen LogP contribution in [0.2, 0.25) is 0 Å². The smallest absolute Gasteiger partial charge is 0.248 e. The molecule has 3 saturated heterocycles. The predicted molar refractivity (Wildman–Crippen MR) is 123 cm³/mol. The lowest BCUT2D eigenvalue weighted by atomic mass is 9.93. The van der Waals surface area contributed by atoms with Gasteiger partial charge < -0.3 is 14.2 Å². The van der Waals surface area contributed by atoms with Crippen molar-refractivity contribution in [2.75, 3.05) is 45.8 Å². The molecule has 1 amide bonds. The predicted octanol–water partition coefficient (Wildman–Crippen LogP) is 2.04. The molecule has 10 heteroatoms. The van der Waals surface area contributed by atoms with Gasteiger partial charge in [-0.1, -0.05) is 5.16 Å². The average molecular weight is 483 g/mol. The summed E-state index contributed by atoms with van der Waals surface area (Å²) in [6.45, 7) is 12.7. The summed E-state index contributed by atoms with van der Waals surface area (Å²) in [4.78, 5) is 17.9. The number of morpholine rings is 1. The van der Waals surface area contributed by atoms with Crippen molar-refractivity contribution < 1.29 is 22.5 Å². The van der Waals surface area contributed by atoms with Gasteiger partial charge in [0.05, 0.1) is 18.1 Å². The SMILES string of the molecule is Cc1noc(C)c1S(=O)(=O)N1CCCC(C(=O)N2CCC(CN3CC(C)OC(C)C3)CC2)C1. The Morgan fingerprint density at radius 1 is 1.03 bits per heavy atom. The molecule has 0 N–H and O–H groups in total. The van der Waals surface area contributed by atoms with Crippen molar-refractivity contribution >= 4 is 15.9 Å². The van der Waals surface area contributed by atoms with E-state index in [0.29, 0.717) is 30.3 Å². The molecule has 3 unspecified atom stereocenters. The van der Waals surface area contributed by atoms with Crippen molar-refractivity contribution in [3.8, 4) is 0 Å². The zero-order valence-corrected chi connectivity index (χ0v) is 21.1. The topological polar surface area (TPSA) is 96.2 Å².